The van der Waals surface area contributed by atoms with Gasteiger partial charge in [-0.15, -0.1) is 0 Å². The molecule has 3 aromatic rings. The highest BCUT2D eigenvalue weighted by Gasteiger charge is 2.17. The van der Waals surface area contributed by atoms with Crippen LogP contribution in [0.15, 0.2) is 73.1 Å². The first-order chi connectivity index (χ1) is 11.6. The summed E-state index contributed by atoms with van der Waals surface area (Å²) in [7, 11) is 0. The largest absolute Gasteiger partial charge is 0.346 e. The van der Waals surface area contributed by atoms with E-state index in [1.165, 1.54) is 12.1 Å². The molecular formula is C19H16ClFN2O. The monoisotopic (exact) mass is 342 g/mol. The molecular weight excluding hydrogens is 327 g/mol. The summed E-state index contributed by atoms with van der Waals surface area (Å²) in [6.45, 7) is 0. The van der Waals surface area contributed by atoms with Gasteiger partial charge in [-0.1, -0.05) is 23.7 Å². The van der Waals surface area contributed by atoms with Crippen LogP contribution in [0, 0.1) is 5.82 Å². The van der Waals surface area contributed by atoms with Gasteiger partial charge in [0, 0.05) is 23.1 Å². The summed E-state index contributed by atoms with van der Waals surface area (Å²) < 4.78 is 15.1. The lowest BCUT2D eigenvalue weighted by molar-refractivity contribution is -0.116. The Labute approximate surface area is 144 Å². The van der Waals surface area contributed by atoms with Crippen molar-refractivity contribution < 1.29 is 9.18 Å². The van der Waals surface area contributed by atoms with Gasteiger partial charge >= 0.3 is 0 Å². The van der Waals surface area contributed by atoms with Gasteiger partial charge in [0.2, 0.25) is 5.91 Å². The summed E-state index contributed by atoms with van der Waals surface area (Å²) in [5.41, 5.74) is 1.56. The number of carbonyl (C=O) groups is 1. The van der Waals surface area contributed by atoms with Crippen molar-refractivity contribution in [1.82, 2.24) is 4.57 Å². The fourth-order valence-corrected chi connectivity index (χ4v) is 2.68. The maximum atomic E-state index is 13.2. The smallest absolute Gasteiger partial charge is 0.226 e. The Balaban J connectivity index is 1.77. The fourth-order valence-electron chi connectivity index (χ4n) is 2.56. The van der Waals surface area contributed by atoms with Crippen LogP contribution in [0.2, 0.25) is 5.02 Å². The topological polar surface area (TPSA) is 34.0 Å². The van der Waals surface area contributed by atoms with Crippen LogP contribution in [0.4, 0.5) is 10.1 Å². The van der Waals surface area contributed by atoms with Gasteiger partial charge in [0.25, 0.3) is 0 Å². The van der Waals surface area contributed by atoms with Crippen LogP contribution in [-0.2, 0) is 4.79 Å². The predicted molar refractivity (Wildman–Crippen MR) is 93.7 cm³/mol. The number of rotatable bonds is 5. The number of anilines is 1. The molecule has 3 nitrogen and oxygen atoms in total. The molecule has 1 heterocycles. The van der Waals surface area contributed by atoms with Gasteiger partial charge in [0.1, 0.15) is 5.82 Å². The zero-order chi connectivity index (χ0) is 16.9. The molecule has 5 heteroatoms. The number of amides is 1. The number of nitrogens with one attached hydrogen (secondary N) is 1. The van der Waals surface area contributed by atoms with E-state index in [2.05, 4.69) is 5.32 Å². The molecule has 0 aliphatic heterocycles. The maximum Gasteiger partial charge on any atom is 0.226 e. The molecule has 24 heavy (non-hydrogen) atoms. The molecule has 0 unspecified atom stereocenters. The Kier molecular flexibility index (Phi) is 4.96. The van der Waals surface area contributed by atoms with Gasteiger partial charge in [-0.05, 0) is 54.1 Å². The lowest BCUT2D eigenvalue weighted by atomic mass is 10.0. The van der Waals surface area contributed by atoms with Crippen molar-refractivity contribution in [2.75, 3.05) is 5.32 Å². The highest BCUT2D eigenvalue weighted by atomic mass is 35.5. The number of aromatic nitrogens is 1. The molecule has 0 bridgehead atoms. The van der Waals surface area contributed by atoms with Gasteiger partial charge in [0.15, 0.2) is 0 Å². The first-order valence-corrected chi connectivity index (χ1v) is 7.93. The quantitative estimate of drug-likeness (QED) is 0.703. The second-order valence-corrected chi connectivity index (χ2v) is 5.89. The van der Waals surface area contributed by atoms with Crippen LogP contribution >= 0.6 is 11.6 Å². The molecule has 2 aromatic carbocycles. The molecule has 122 valence electrons. The van der Waals surface area contributed by atoms with Crippen molar-refractivity contribution in [3.63, 3.8) is 0 Å². The summed E-state index contributed by atoms with van der Waals surface area (Å²) in [4.78, 5) is 12.4. The van der Waals surface area contributed by atoms with E-state index >= 15 is 0 Å². The van der Waals surface area contributed by atoms with Crippen molar-refractivity contribution in [3.05, 3.63) is 89.5 Å². The summed E-state index contributed by atoms with van der Waals surface area (Å²) in [5, 5.41) is 3.47. The van der Waals surface area contributed by atoms with E-state index in [-0.39, 0.29) is 24.2 Å². The highest BCUT2D eigenvalue weighted by molar-refractivity contribution is 6.30. The van der Waals surface area contributed by atoms with E-state index in [1.807, 2.05) is 29.1 Å². The van der Waals surface area contributed by atoms with Crippen molar-refractivity contribution in [1.29, 1.82) is 0 Å². The Hall–Kier alpha value is -2.59. The third-order valence-electron chi connectivity index (χ3n) is 3.75. The maximum absolute atomic E-state index is 13.2. The Morgan fingerprint density at radius 2 is 1.67 bits per heavy atom. The Morgan fingerprint density at radius 1 is 1.04 bits per heavy atom. The molecule has 0 spiro atoms. The van der Waals surface area contributed by atoms with Gasteiger partial charge in [-0.3, -0.25) is 4.79 Å². The normalized spacial score (nSPS) is 11.9. The first-order valence-electron chi connectivity index (χ1n) is 7.55. The zero-order valence-electron chi connectivity index (χ0n) is 12.8. The van der Waals surface area contributed by atoms with Crippen LogP contribution in [0.5, 0.6) is 0 Å². The summed E-state index contributed by atoms with van der Waals surface area (Å²) in [6, 6.07) is 16.8. The zero-order valence-corrected chi connectivity index (χ0v) is 13.6. The molecule has 1 atom stereocenters. The molecule has 0 saturated carbocycles. The van der Waals surface area contributed by atoms with Gasteiger partial charge in [0.05, 0.1) is 12.5 Å². The number of carbonyl (C=O) groups excluding carboxylic acids is 1. The van der Waals surface area contributed by atoms with Crippen molar-refractivity contribution in [3.8, 4) is 0 Å². The number of halogens is 2. The summed E-state index contributed by atoms with van der Waals surface area (Å²) in [5.74, 6) is -0.420. The summed E-state index contributed by atoms with van der Waals surface area (Å²) in [6.07, 6.45) is 4.02. The molecule has 0 saturated heterocycles. The average molecular weight is 343 g/mol. The lowest BCUT2D eigenvalue weighted by Crippen LogP contribution is -2.19. The predicted octanol–water partition coefficient (Wildman–Crippen LogP) is 4.90. The van der Waals surface area contributed by atoms with Crippen LogP contribution in [0.25, 0.3) is 0 Å². The number of hydrogen-bond acceptors (Lipinski definition) is 1. The van der Waals surface area contributed by atoms with E-state index in [4.69, 9.17) is 11.6 Å². The van der Waals surface area contributed by atoms with Crippen LogP contribution < -0.4 is 5.32 Å². The van der Waals surface area contributed by atoms with Crippen LogP contribution in [-0.4, -0.2) is 10.5 Å². The molecule has 0 fully saturated rings. The minimum atomic E-state index is -0.296. The molecule has 1 aromatic heterocycles. The van der Waals surface area contributed by atoms with Gasteiger partial charge in [-0.2, -0.15) is 0 Å². The minimum absolute atomic E-state index is 0.125. The van der Waals surface area contributed by atoms with Crippen molar-refractivity contribution in [2.45, 2.75) is 12.5 Å². The van der Waals surface area contributed by atoms with E-state index in [0.29, 0.717) is 10.7 Å². The average Bonchev–Trinajstić information content (AvgIpc) is 3.10. The van der Waals surface area contributed by atoms with Crippen LogP contribution in [0.3, 0.4) is 0 Å². The number of benzene rings is 2. The third-order valence-corrected chi connectivity index (χ3v) is 4.00. The Morgan fingerprint density at radius 3 is 2.29 bits per heavy atom. The minimum Gasteiger partial charge on any atom is -0.346 e. The highest BCUT2D eigenvalue weighted by Crippen LogP contribution is 2.24. The third kappa shape index (κ3) is 4.03. The van der Waals surface area contributed by atoms with Crippen molar-refractivity contribution >= 4 is 23.2 Å². The van der Waals surface area contributed by atoms with Crippen molar-refractivity contribution in [2.24, 2.45) is 0 Å². The second kappa shape index (κ2) is 7.32. The standard InChI is InChI=1S/C19H16ClFN2O/c20-15-5-9-17(10-6-15)22-19(24)13-18(23-11-1-2-12-23)14-3-7-16(21)8-4-14/h1-12,18H,13H2,(H,22,24)/t18-/m1/s1. The van der Waals surface area contributed by atoms with Gasteiger partial charge < -0.3 is 9.88 Å². The molecule has 0 radical (unpaired) electrons. The number of nitrogens with zero attached hydrogens (tertiary/aromatic N) is 1. The lowest BCUT2D eigenvalue weighted by Gasteiger charge is -2.19. The Bertz CT molecular complexity index is 798. The number of hydrogen-bond donors (Lipinski definition) is 1. The van der Waals surface area contributed by atoms with Gasteiger partial charge in [-0.25, -0.2) is 4.39 Å². The van der Waals surface area contributed by atoms with E-state index in [0.717, 1.165) is 5.56 Å². The van der Waals surface area contributed by atoms with E-state index in [1.54, 1.807) is 36.4 Å². The van der Waals surface area contributed by atoms with E-state index < -0.39 is 0 Å². The first kappa shape index (κ1) is 16.3. The summed E-state index contributed by atoms with van der Waals surface area (Å²) >= 11 is 5.85. The second-order valence-electron chi connectivity index (χ2n) is 5.46. The molecule has 0 aliphatic carbocycles. The van der Waals surface area contributed by atoms with E-state index in [9.17, 15) is 9.18 Å². The fraction of sp³-hybridized carbons (Fsp3) is 0.105. The van der Waals surface area contributed by atoms with Crippen LogP contribution in [0.1, 0.15) is 18.0 Å². The molecule has 3 rings (SSSR count). The molecule has 0 aliphatic rings. The SMILES string of the molecule is O=C(C[C@H](c1ccc(F)cc1)n1cccc1)Nc1ccc(Cl)cc1. The molecule has 1 N–H and O–H groups in total. The molecule has 1 amide bonds.